The van der Waals surface area contributed by atoms with Crippen LogP contribution in [0.5, 0.6) is 0 Å². The smallest absolute Gasteiger partial charge is 0.443 e. The first kappa shape index (κ1) is 28.3. The third kappa shape index (κ3) is 6.27. The number of carbonyl (C=O) groups excluding carboxylic acids is 1. The van der Waals surface area contributed by atoms with Crippen molar-refractivity contribution in [3.8, 4) is 17.2 Å². The fourth-order valence-electron chi connectivity index (χ4n) is 3.97. The Bertz CT molecular complexity index is 1490. The summed E-state index contributed by atoms with van der Waals surface area (Å²) in [6, 6.07) is 3.29. The summed E-state index contributed by atoms with van der Waals surface area (Å²) in [5, 5.41) is 17.2. The maximum absolute atomic E-state index is 13.7. The van der Waals surface area contributed by atoms with Crippen molar-refractivity contribution in [3.63, 3.8) is 0 Å². The first-order chi connectivity index (χ1) is 17.7. The van der Waals surface area contributed by atoms with Gasteiger partial charge in [-0.2, -0.15) is 12.7 Å². The van der Waals surface area contributed by atoms with E-state index in [1.807, 2.05) is 0 Å². The van der Waals surface area contributed by atoms with Crippen molar-refractivity contribution in [1.82, 2.24) is 24.3 Å². The van der Waals surface area contributed by atoms with Crippen molar-refractivity contribution < 1.29 is 31.5 Å². The van der Waals surface area contributed by atoms with Crippen LogP contribution in [0.25, 0.3) is 17.2 Å². The Kier molecular flexibility index (Phi) is 8.02. The lowest BCUT2D eigenvalue weighted by Gasteiger charge is -2.35. The number of carbonyl (C=O) groups is 1. The highest BCUT2D eigenvalue weighted by Crippen LogP contribution is 2.38. The minimum atomic E-state index is -4.34. The Balaban J connectivity index is 1.51. The summed E-state index contributed by atoms with van der Waals surface area (Å²) >= 11 is 4.39. The molecule has 17 heteroatoms. The average Bonchev–Trinajstić information content (AvgIpc) is 3.41. The number of hydrogen-bond donors (Lipinski definition) is 1. The molecule has 0 aliphatic heterocycles. The van der Waals surface area contributed by atoms with E-state index in [1.165, 1.54) is 30.0 Å². The van der Waals surface area contributed by atoms with Crippen molar-refractivity contribution in [2.24, 2.45) is 5.14 Å². The van der Waals surface area contributed by atoms with E-state index in [4.69, 9.17) is 19.0 Å². The number of halogens is 2. The molecule has 0 bridgehead atoms. The van der Waals surface area contributed by atoms with Gasteiger partial charge in [0.15, 0.2) is 10.7 Å². The van der Waals surface area contributed by atoms with E-state index in [-0.39, 0.29) is 26.9 Å². The summed E-state index contributed by atoms with van der Waals surface area (Å²) < 4.78 is 54.9. The molecule has 0 atom stereocenters. The van der Waals surface area contributed by atoms with Crippen LogP contribution in [-0.2, 0) is 14.9 Å². The molecule has 0 unspecified atom stereocenters. The van der Waals surface area contributed by atoms with E-state index < -0.39 is 39.5 Å². The van der Waals surface area contributed by atoms with Gasteiger partial charge in [0.1, 0.15) is 11.4 Å². The summed E-state index contributed by atoms with van der Waals surface area (Å²) in [6.45, 7) is 4.89. The lowest BCUT2D eigenvalue weighted by atomic mass is 9.95. The standard InChI is InChI=1S/C21H24BrFN6O7S2/c1-21(2,3)34-20(31)29(38(24,32)33)11-4-7-13(8-5-11)37-18-16(25-36-27-18)17-26-35-19(30)28(17)12-6-9-15(23)14(22)10-12/h6,9-11,13H,4-5,7-8H2,1-3H3,(H2,24,32,33)/t11-,13-. The molecular formula is C21H24BrFN6O7S2. The number of rotatable bonds is 6. The predicted molar refractivity (Wildman–Crippen MR) is 136 cm³/mol. The maximum Gasteiger partial charge on any atom is 0.446 e. The van der Waals surface area contributed by atoms with Gasteiger partial charge in [-0.3, -0.25) is 4.52 Å². The van der Waals surface area contributed by atoms with E-state index in [9.17, 15) is 22.4 Å². The monoisotopic (exact) mass is 634 g/mol. The van der Waals surface area contributed by atoms with Crippen LogP contribution in [0.15, 0.2) is 41.6 Å². The molecule has 1 fully saturated rings. The van der Waals surface area contributed by atoms with Gasteiger partial charge in [-0.15, -0.1) is 0 Å². The Morgan fingerprint density at radius 3 is 2.53 bits per heavy atom. The lowest BCUT2D eigenvalue weighted by Crippen LogP contribution is -2.51. The van der Waals surface area contributed by atoms with E-state index in [0.29, 0.717) is 35.0 Å². The van der Waals surface area contributed by atoms with Gasteiger partial charge < -0.3 is 4.74 Å². The molecule has 2 N–H and O–H groups in total. The minimum absolute atomic E-state index is 0.0104. The zero-order chi connectivity index (χ0) is 27.8. The number of nitrogens with zero attached hydrogens (tertiary/aromatic N) is 5. The van der Waals surface area contributed by atoms with E-state index in [1.54, 1.807) is 20.8 Å². The molecule has 13 nitrogen and oxygen atoms in total. The number of nitrogens with two attached hydrogens (primary N) is 1. The molecular weight excluding hydrogens is 611 g/mol. The van der Waals surface area contributed by atoms with Gasteiger partial charge in [-0.25, -0.2) is 28.3 Å². The molecule has 206 valence electrons. The number of aromatic nitrogens is 4. The second-order valence-electron chi connectivity index (χ2n) is 9.49. The Hall–Kier alpha value is -2.76. The molecule has 3 aromatic rings. The van der Waals surface area contributed by atoms with E-state index >= 15 is 0 Å². The normalized spacial score (nSPS) is 18.4. The first-order valence-electron chi connectivity index (χ1n) is 11.3. The minimum Gasteiger partial charge on any atom is -0.443 e. The highest BCUT2D eigenvalue weighted by Gasteiger charge is 2.38. The quantitative estimate of drug-likeness (QED) is 0.419. The highest BCUT2D eigenvalue weighted by molar-refractivity contribution is 9.10. The molecule has 1 saturated carbocycles. The van der Waals surface area contributed by atoms with Crippen LogP contribution in [0.4, 0.5) is 9.18 Å². The molecule has 4 rings (SSSR count). The fraction of sp³-hybridized carbons (Fsp3) is 0.476. The van der Waals surface area contributed by atoms with Gasteiger partial charge in [-0.1, -0.05) is 16.9 Å². The number of benzene rings is 1. The maximum atomic E-state index is 13.7. The topological polar surface area (TPSA) is 177 Å². The van der Waals surface area contributed by atoms with Crippen molar-refractivity contribution in [2.75, 3.05) is 0 Å². The fourth-order valence-corrected chi connectivity index (χ4v) is 6.35. The predicted octanol–water partition coefficient (Wildman–Crippen LogP) is 3.62. The van der Waals surface area contributed by atoms with E-state index in [2.05, 4.69) is 31.4 Å². The summed E-state index contributed by atoms with van der Waals surface area (Å²) in [6.07, 6.45) is 0.675. The molecule has 38 heavy (non-hydrogen) atoms. The van der Waals surface area contributed by atoms with Crippen LogP contribution in [0, 0.1) is 5.82 Å². The summed E-state index contributed by atoms with van der Waals surface area (Å²) in [4.78, 5) is 25.0. The molecule has 1 aliphatic carbocycles. The number of amides is 1. The van der Waals surface area contributed by atoms with Gasteiger partial charge >= 0.3 is 22.1 Å². The van der Waals surface area contributed by atoms with Crippen molar-refractivity contribution in [3.05, 3.63) is 39.0 Å². The lowest BCUT2D eigenvalue weighted by molar-refractivity contribution is 0.0315. The van der Waals surface area contributed by atoms with Gasteiger partial charge in [-0.05, 0) is 90.9 Å². The van der Waals surface area contributed by atoms with Gasteiger partial charge in [0.2, 0.25) is 5.82 Å². The molecule has 2 aromatic heterocycles. The average molecular weight is 635 g/mol. The zero-order valence-electron chi connectivity index (χ0n) is 20.5. The van der Waals surface area contributed by atoms with Crippen LogP contribution in [-0.4, -0.2) is 55.7 Å². The molecule has 0 spiro atoms. The van der Waals surface area contributed by atoms with Crippen LogP contribution in [0.3, 0.4) is 0 Å². The Labute approximate surface area is 229 Å². The number of thioether (sulfide) groups is 1. The third-order valence-electron chi connectivity index (χ3n) is 5.54. The van der Waals surface area contributed by atoms with Crippen LogP contribution < -0.4 is 10.9 Å². The van der Waals surface area contributed by atoms with Crippen LogP contribution in [0.2, 0.25) is 0 Å². The van der Waals surface area contributed by atoms with Gasteiger partial charge in [0.25, 0.3) is 0 Å². The first-order valence-corrected chi connectivity index (χ1v) is 14.5. The number of ether oxygens (including phenoxy) is 1. The van der Waals surface area contributed by atoms with Crippen LogP contribution in [0.1, 0.15) is 46.5 Å². The second kappa shape index (κ2) is 10.8. The van der Waals surface area contributed by atoms with Gasteiger partial charge in [0.05, 0.1) is 16.2 Å². The molecule has 1 aromatic carbocycles. The summed E-state index contributed by atoms with van der Waals surface area (Å²) in [7, 11) is -4.34. The largest absolute Gasteiger partial charge is 0.446 e. The molecule has 1 aliphatic rings. The third-order valence-corrected chi connectivity index (χ3v) is 8.44. The Morgan fingerprint density at radius 1 is 1.24 bits per heavy atom. The molecule has 0 saturated heterocycles. The highest BCUT2D eigenvalue weighted by atomic mass is 79.9. The zero-order valence-corrected chi connectivity index (χ0v) is 23.7. The van der Waals surface area contributed by atoms with Crippen molar-refractivity contribution >= 4 is 44.0 Å². The Morgan fingerprint density at radius 2 is 1.92 bits per heavy atom. The summed E-state index contributed by atoms with van der Waals surface area (Å²) in [5.74, 6) is -1.32. The molecule has 0 radical (unpaired) electrons. The molecule has 2 heterocycles. The number of hydrogen-bond acceptors (Lipinski definition) is 11. The van der Waals surface area contributed by atoms with Crippen molar-refractivity contribution in [1.29, 1.82) is 0 Å². The SMILES string of the molecule is CC(C)(C)OC(=O)N([C@H]1CC[C@H](Sc2nonc2-c2noc(=O)n2-c2ccc(F)c(Br)c2)CC1)S(N)(=O)=O. The van der Waals surface area contributed by atoms with Gasteiger partial charge in [0, 0.05) is 5.25 Å². The van der Waals surface area contributed by atoms with Crippen molar-refractivity contribution in [2.45, 2.75) is 68.4 Å². The second-order valence-corrected chi connectivity index (χ2v) is 13.1. The van der Waals surface area contributed by atoms with Crippen LogP contribution >= 0.6 is 27.7 Å². The molecule has 1 amide bonds. The van der Waals surface area contributed by atoms with E-state index in [0.717, 1.165) is 4.57 Å². The summed E-state index contributed by atoms with van der Waals surface area (Å²) in [5.41, 5.74) is -0.470.